The van der Waals surface area contributed by atoms with Gasteiger partial charge in [-0.3, -0.25) is 4.79 Å². The number of amides is 1. The zero-order chi connectivity index (χ0) is 26.1. The number of rotatable bonds is 7. The maximum absolute atomic E-state index is 13.7. The van der Waals surface area contributed by atoms with Gasteiger partial charge < -0.3 is 19.7 Å². The van der Waals surface area contributed by atoms with Gasteiger partial charge >= 0.3 is 5.97 Å². The number of nitrogens with zero attached hydrogens (tertiary/aromatic N) is 2. The molecule has 3 aromatic rings. The molecular weight excluding hydrogens is 478 g/mol. The molecular formula is C28H28ClN3O4. The van der Waals surface area contributed by atoms with E-state index in [1.165, 1.54) is 0 Å². The minimum absolute atomic E-state index is 0.163. The number of ether oxygens (including phenoxy) is 1. The van der Waals surface area contributed by atoms with Crippen LogP contribution >= 0.6 is 11.6 Å². The molecule has 4 rings (SSSR count). The van der Waals surface area contributed by atoms with Gasteiger partial charge in [0.1, 0.15) is 17.0 Å². The van der Waals surface area contributed by atoms with E-state index in [4.69, 9.17) is 16.3 Å². The molecule has 1 aliphatic rings. The van der Waals surface area contributed by atoms with E-state index in [-0.39, 0.29) is 28.1 Å². The van der Waals surface area contributed by atoms with Crippen LogP contribution in [0, 0.1) is 18.8 Å². The molecule has 1 fully saturated rings. The highest BCUT2D eigenvalue weighted by Gasteiger charge is 2.46. The fraction of sp³-hybridized carbons (Fsp3) is 0.321. The predicted octanol–water partition coefficient (Wildman–Crippen LogP) is 4.79. The van der Waals surface area contributed by atoms with Crippen molar-refractivity contribution in [3.8, 4) is 11.8 Å². The first kappa shape index (κ1) is 25.5. The van der Waals surface area contributed by atoms with E-state index in [9.17, 15) is 14.7 Å². The Morgan fingerprint density at radius 2 is 1.81 bits per heavy atom. The largest absolute Gasteiger partial charge is 0.478 e. The predicted molar refractivity (Wildman–Crippen MR) is 137 cm³/mol. The van der Waals surface area contributed by atoms with Gasteiger partial charge in [-0.15, -0.1) is 0 Å². The smallest absolute Gasteiger partial charge is 0.335 e. The highest BCUT2D eigenvalue weighted by molar-refractivity contribution is 6.29. The van der Waals surface area contributed by atoms with Crippen LogP contribution in [-0.4, -0.2) is 39.2 Å². The van der Waals surface area contributed by atoms with E-state index in [2.05, 4.69) is 22.1 Å². The van der Waals surface area contributed by atoms with Crippen LogP contribution in [0.25, 0.3) is 0 Å². The van der Waals surface area contributed by atoms with Crippen molar-refractivity contribution in [3.05, 3.63) is 87.5 Å². The SMILES string of the molecule is COC(C)(C)C#Cc1nc(Cl)n(Cc2ccc(C)cc2)c1C(=O)NC1(c2ccc(C(=O)O)cc2)CC1. The first-order valence-electron chi connectivity index (χ1n) is 11.6. The summed E-state index contributed by atoms with van der Waals surface area (Å²) in [5.41, 5.74) is 2.38. The second kappa shape index (κ2) is 9.81. The van der Waals surface area contributed by atoms with E-state index in [1.807, 2.05) is 45.0 Å². The van der Waals surface area contributed by atoms with Crippen LogP contribution < -0.4 is 5.32 Å². The van der Waals surface area contributed by atoms with E-state index in [0.717, 1.165) is 29.5 Å². The fourth-order valence-electron chi connectivity index (χ4n) is 3.84. The average molecular weight is 506 g/mol. The number of methoxy groups -OCH3 is 1. The van der Waals surface area contributed by atoms with Crippen LogP contribution in [0.4, 0.5) is 0 Å². The molecule has 2 N–H and O–H groups in total. The van der Waals surface area contributed by atoms with Crippen LogP contribution in [0.2, 0.25) is 5.28 Å². The molecule has 0 radical (unpaired) electrons. The summed E-state index contributed by atoms with van der Waals surface area (Å²) < 4.78 is 7.06. The lowest BCUT2D eigenvalue weighted by Gasteiger charge is -2.19. The maximum Gasteiger partial charge on any atom is 0.335 e. The Labute approximate surface area is 215 Å². The first-order valence-corrected chi connectivity index (χ1v) is 12.0. The Bertz CT molecular complexity index is 1360. The third kappa shape index (κ3) is 5.46. The molecule has 0 spiro atoms. The van der Waals surface area contributed by atoms with Crippen molar-refractivity contribution in [2.45, 2.75) is 51.3 Å². The minimum Gasteiger partial charge on any atom is -0.478 e. The second-order valence-corrected chi connectivity index (χ2v) is 9.87. The van der Waals surface area contributed by atoms with Crippen LogP contribution in [0.3, 0.4) is 0 Å². The maximum atomic E-state index is 13.7. The van der Waals surface area contributed by atoms with Gasteiger partial charge in [0.15, 0.2) is 0 Å². The van der Waals surface area contributed by atoms with Gasteiger partial charge in [0.25, 0.3) is 5.91 Å². The molecule has 8 heteroatoms. The van der Waals surface area contributed by atoms with E-state index < -0.39 is 17.1 Å². The molecule has 36 heavy (non-hydrogen) atoms. The van der Waals surface area contributed by atoms with E-state index in [1.54, 1.807) is 35.9 Å². The van der Waals surface area contributed by atoms with Crippen LogP contribution in [0.1, 0.15) is 69.9 Å². The van der Waals surface area contributed by atoms with Gasteiger partial charge in [0.2, 0.25) is 5.28 Å². The number of hydrogen-bond acceptors (Lipinski definition) is 4. The quantitative estimate of drug-likeness (QED) is 0.450. The number of carbonyl (C=O) groups excluding carboxylic acids is 1. The monoisotopic (exact) mass is 505 g/mol. The molecule has 0 unspecified atom stereocenters. The Morgan fingerprint density at radius 3 is 2.36 bits per heavy atom. The summed E-state index contributed by atoms with van der Waals surface area (Å²) in [5, 5.41) is 12.5. The number of imidazole rings is 1. The fourth-order valence-corrected chi connectivity index (χ4v) is 4.07. The van der Waals surface area contributed by atoms with Crippen molar-refractivity contribution in [2.75, 3.05) is 7.11 Å². The van der Waals surface area contributed by atoms with Gasteiger partial charge in [-0.2, -0.15) is 0 Å². The summed E-state index contributed by atoms with van der Waals surface area (Å²) in [6.45, 7) is 6.01. The third-order valence-corrected chi connectivity index (χ3v) is 6.67. The minimum atomic E-state index is -0.993. The number of carbonyl (C=O) groups is 2. The van der Waals surface area contributed by atoms with Gasteiger partial charge in [-0.05, 0) is 74.4 Å². The highest BCUT2D eigenvalue weighted by Crippen LogP contribution is 2.45. The average Bonchev–Trinajstić information content (AvgIpc) is 3.56. The van der Waals surface area contributed by atoms with Crippen molar-refractivity contribution in [1.29, 1.82) is 0 Å². The number of benzene rings is 2. The number of carboxylic acids is 1. The number of aryl methyl sites for hydroxylation is 1. The van der Waals surface area contributed by atoms with Crippen molar-refractivity contribution < 1.29 is 19.4 Å². The summed E-state index contributed by atoms with van der Waals surface area (Å²) >= 11 is 6.53. The van der Waals surface area contributed by atoms with Crippen molar-refractivity contribution in [2.24, 2.45) is 0 Å². The lowest BCUT2D eigenvalue weighted by Crippen LogP contribution is -2.36. The van der Waals surface area contributed by atoms with Gasteiger partial charge in [0.05, 0.1) is 17.6 Å². The molecule has 1 aliphatic carbocycles. The van der Waals surface area contributed by atoms with Gasteiger partial charge in [-0.25, -0.2) is 9.78 Å². The van der Waals surface area contributed by atoms with Crippen LogP contribution in [0.15, 0.2) is 48.5 Å². The molecule has 2 aromatic carbocycles. The number of hydrogen-bond donors (Lipinski definition) is 2. The topological polar surface area (TPSA) is 93.5 Å². The summed E-state index contributed by atoms with van der Waals surface area (Å²) in [6, 6.07) is 14.6. The summed E-state index contributed by atoms with van der Waals surface area (Å²) in [4.78, 5) is 29.4. The summed E-state index contributed by atoms with van der Waals surface area (Å²) in [5.74, 6) is 4.67. The Morgan fingerprint density at radius 1 is 1.17 bits per heavy atom. The molecule has 1 saturated carbocycles. The standard InChI is InChI=1S/C28H28ClN3O4/c1-18-5-7-19(8-6-18)17-32-23(22(30-26(32)29)13-14-27(2,3)36-4)24(33)31-28(15-16-28)21-11-9-20(10-12-21)25(34)35/h5-12H,15-17H2,1-4H3,(H,31,33)(H,34,35). The third-order valence-electron chi connectivity index (χ3n) is 6.38. The molecule has 0 bridgehead atoms. The van der Waals surface area contributed by atoms with Crippen molar-refractivity contribution >= 4 is 23.5 Å². The Balaban J connectivity index is 1.71. The zero-order valence-electron chi connectivity index (χ0n) is 20.7. The lowest BCUT2D eigenvalue weighted by molar-refractivity contribution is 0.0695. The van der Waals surface area contributed by atoms with Crippen molar-refractivity contribution in [3.63, 3.8) is 0 Å². The highest BCUT2D eigenvalue weighted by atomic mass is 35.5. The molecule has 1 aromatic heterocycles. The second-order valence-electron chi connectivity index (χ2n) is 9.53. The number of halogens is 1. The molecule has 0 saturated heterocycles. The molecule has 186 valence electrons. The summed E-state index contributed by atoms with van der Waals surface area (Å²) in [7, 11) is 1.57. The van der Waals surface area contributed by atoms with Crippen LogP contribution in [-0.2, 0) is 16.8 Å². The molecule has 1 heterocycles. The first-order chi connectivity index (χ1) is 17.0. The molecule has 1 amide bonds. The lowest BCUT2D eigenvalue weighted by atomic mass is 10.0. The summed E-state index contributed by atoms with van der Waals surface area (Å²) in [6.07, 6.45) is 1.48. The Kier molecular flexibility index (Phi) is 6.94. The number of nitrogens with one attached hydrogen (secondary N) is 1. The van der Waals surface area contributed by atoms with Crippen molar-refractivity contribution in [1.82, 2.24) is 14.9 Å². The Hall–Kier alpha value is -3.60. The number of aromatic nitrogens is 2. The van der Waals surface area contributed by atoms with E-state index in [0.29, 0.717) is 6.54 Å². The molecule has 0 aliphatic heterocycles. The molecule has 7 nitrogen and oxygen atoms in total. The van der Waals surface area contributed by atoms with Gasteiger partial charge in [0, 0.05) is 7.11 Å². The number of carboxylic acid groups (broad SMARTS) is 1. The van der Waals surface area contributed by atoms with E-state index >= 15 is 0 Å². The normalized spacial score (nSPS) is 14.0. The van der Waals surface area contributed by atoms with Gasteiger partial charge in [-0.1, -0.05) is 47.9 Å². The molecule has 0 atom stereocenters. The zero-order valence-corrected chi connectivity index (χ0v) is 21.4. The van der Waals surface area contributed by atoms with Crippen LogP contribution in [0.5, 0.6) is 0 Å². The number of aromatic carboxylic acids is 1.